The molecule has 0 amide bonds. The third kappa shape index (κ3) is 4.38. The molecule has 0 saturated carbocycles. The highest BCUT2D eigenvalue weighted by Crippen LogP contribution is 2.16. The molecule has 2 aromatic rings. The minimum Gasteiger partial charge on any atom is -0.294 e. The molecule has 23 heavy (non-hydrogen) atoms. The largest absolute Gasteiger partial charge is 0.294 e. The summed E-state index contributed by atoms with van der Waals surface area (Å²) in [5.41, 5.74) is 0.462. The topological polar surface area (TPSA) is 51.2 Å². The molecular formula is C18H12Cl2O3. The number of allylic oxidation sites excluding steroid dienone is 2. The van der Waals surface area contributed by atoms with Gasteiger partial charge in [0, 0.05) is 27.2 Å². The Morgan fingerprint density at radius 2 is 1.22 bits per heavy atom. The van der Waals surface area contributed by atoms with Crippen LogP contribution in [-0.4, -0.2) is 17.3 Å². The van der Waals surface area contributed by atoms with Gasteiger partial charge in [0.1, 0.15) is 0 Å². The number of ketones is 3. The summed E-state index contributed by atoms with van der Waals surface area (Å²) in [5.74, 6) is -1.43. The number of halogens is 2. The van der Waals surface area contributed by atoms with E-state index in [2.05, 4.69) is 0 Å². The number of carbonyl (C=O) groups is 3. The zero-order valence-electron chi connectivity index (χ0n) is 12.2. The summed E-state index contributed by atoms with van der Waals surface area (Å²) >= 11 is 11.5. The predicted octanol–water partition coefficient (Wildman–Crippen LogP) is 4.57. The summed E-state index contributed by atoms with van der Waals surface area (Å²) in [6, 6.07) is 12.3. The van der Waals surface area contributed by atoms with Gasteiger partial charge in [-0.25, -0.2) is 0 Å². The fourth-order valence-electron chi connectivity index (χ4n) is 1.91. The van der Waals surface area contributed by atoms with Gasteiger partial charge in [-0.2, -0.15) is 0 Å². The van der Waals surface area contributed by atoms with Crippen molar-refractivity contribution in [2.75, 3.05) is 0 Å². The monoisotopic (exact) mass is 346 g/mol. The molecule has 0 unspecified atom stereocenters. The van der Waals surface area contributed by atoms with E-state index in [4.69, 9.17) is 23.2 Å². The van der Waals surface area contributed by atoms with Crippen LogP contribution in [-0.2, 0) is 4.79 Å². The summed E-state index contributed by atoms with van der Waals surface area (Å²) < 4.78 is 0. The molecule has 0 aromatic heterocycles. The van der Waals surface area contributed by atoms with Crippen molar-refractivity contribution in [3.63, 3.8) is 0 Å². The lowest BCUT2D eigenvalue weighted by atomic mass is 9.98. The van der Waals surface area contributed by atoms with Crippen LogP contribution >= 0.6 is 23.2 Å². The van der Waals surface area contributed by atoms with Gasteiger partial charge in [0.2, 0.25) is 0 Å². The van der Waals surface area contributed by atoms with E-state index in [0.717, 1.165) is 6.08 Å². The first-order valence-corrected chi connectivity index (χ1v) is 7.47. The van der Waals surface area contributed by atoms with Crippen LogP contribution in [0.15, 0.2) is 60.2 Å². The molecule has 5 heteroatoms. The second kappa shape index (κ2) is 7.36. The molecule has 2 aromatic carbocycles. The van der Waals surface area contributed by atoms with Crippen LogP contribution in [0.4, 0.5) is 0 Å². The van der Waals surface area contributed by atoms with Crippen LogP contribution in [0, 0.1) is 0 Å². The molecule has 0 aliphatic carbocycles. The maximum Gasteiger partial charge on any atom is 0.196 e. The second-order valence-corrected chi connectivity index (χ2v) is 5.69. The molecule has 0 bridgehead atoms. The highest BCUT2D eigenvalue weighted by atomic mass is 35.5. The summed E-state index contributed by atoms with van der Waals surface area (Å²) in [5, 5.41) is 0.974. The Balaban J connectivity index is 2.35. The molecular weight excluding hydrogens is 335 g/mol. The molecule has 0 spiro atoms. The van der Waals surface area contributed by atoms with Crippen molar-refractivity contribution in [1.29, 1.82) is 0 Å². The van der Waals surface area contributed by atoms with E-state index in [9.17, 15) is 14.4 Å². The van der Waals surface area contributed by atoms with Gasteiger partial charge in [-0.3, -0.25) is 14.4 Å². The number of carbonyl (C=O) groups excluding carboxylic acids is 3. The molecule has 0 aliphatic rings. The third-order valence-corrected chi connectivity index (χ3v) is 3.64. The van der Waals surface area contributed by atoms with Gasteiger partial charge < -0.3 is 0 Å². The molecule has 116 valence electrons. The minimum absolute atomic E-state index is 0.174. The first kappa shape index (κ1) is 17.1. The van der Waals surface area contributed by atoms with E-state index < -0.39 is 17.3 Å². The smallest absolute Gasteiger partial charge is 0.196 e. The fourth-order valence-corrected chi connectivity index (χ4v) is 2.16. The van der Waals surface area contributed by atoms with Gasteiger partial charge >= 0.3 is 0 Å². The molecule has 0 saturated heterocycles. The molecule has 0 N–H and O–H groups in total. The normalized spacial score (nSPS) is 11.2. The lowest BCUT2D eigenvalue weighted by Gasteiger charge is -2.04. The first-order valence-electron chi connectivity index (χ1n) is 6.71. The lowest BCUT2D eigenvalue weighted by Crippen LogP contribution is -2.13. The number of Topliss-reactive ketones (excluding diaryl/α,β-unsaturated/α-hetero) is 2. The quantitative estimate of drug-likeness (QED) is 0.344. The SMILES string of the molecule is CC(=O)/C(=C/C(=O)c1ccc(Cl)cc1)C(=O)c1ccc(Cl)cc1. The van der Waals surface area contributed by atoms with Gasteiger partial charge in [-0.15, -0.1) is 0 Å². The second-order valence-electron chi connectivity index (χ2n) is 4.82. The van der Waals surface area contributed by atoms with E-state index in [1.807, 2.05) is 0 Å². The van der Waals surface area contributed by atoms with Crippen LogP contribution in [0.5, 0.6) is 0 Å². The Hall–Kier alpha value is -2.23. The van der Waals surface area contributed by atoms with E-state index in [-0.39, 0.29) is 5.57 Å². The summed E-state index contributed by atoms with van der Waals surface area (Å²) in [7, 11) is 0. The summed E-state index contributed by atoms with van der Waals surface area (Å²) in [6.07, 6.45) is 1.06. The third-order valence-electron chi connectivity index (χ3n) is 3.13. The van der Waals surface area contributed by atoms with Crippen LogP contribution < -0.4 is 0 Å². The van der Waals surface area contributed by atoms with Crippen molar-refractivity contribution in [1.82, 2.24) is 0 Å². The fraction of sp³-hybridized carbons (Fsp3) is 0.0556. The maximum atomic E-state index is 12.4. The number of hydrogen-bond acceptors (Lipinski definition) is 3. The average Bonchev–Trinajstić information content (AvgIpc) is 2.53. The lowest BCUT2D eigenvalue weighted by molar-refractivity contribution is -0.113. The van der Waals surface area contributed by atoms with E-state index in [1.165, 1.54) is 31.2 Å². The number of hydrogen-bond donors (Lipinski definition) is 0. The van der Waals surface area contributed by atoms with Crippen molar-refractivity contribution >= 4 is 40.6 Å². The van der Waals surface area contributed by atoms with E-state index in [0.29, 0.717) is 21.2 Å². The molecule has 2 rings (SSSR count). The standard InChI is InChI=1S/C18H12Cl2O3/c1-11(21)16(18(23)13-4-8-15(20)9-5-13)10-17(22)12-2-6-14(19)7-3-12/h2-10H,1H3/b16-10-. The van der Waals surface area contributed by atoms with Gasteiger partial charge in [0.05, 0.1) is 5.57 Å². The molecule has 3 nitrogen and oxygen atoms in total. The van der Waals surface area contributed by atoms with Crippen molar-refractivity contribution in [2.45, 2.75) is 6.92 Å². The predicted molar refractivity (Wildman–Crippen MR) is 90.3 cm³/mol. The molecule has 0 heterocycles. The van der Waals surface area contributed by atoms with Crippen molar-refractivity contribution in [2.24, 2.45) is 0 Å². The van der Waals surface area contributed by atoms with E-state index >= 15 is 0 Å². The van der Waals surface area contributed by atoms with Gasteiger partial charge in [-0.05, 0) is 55.5 Å². The maximum absolute atomic E-state index is 12.4. The Kier molecular flexibility index (Phi) is 5.48. The zero-order chi connectivity index (χ0) is 17.0. The number of benzene rings is 2. The van der Waals surface area contributed by atoms with Gasteiger partial charge in [0.15, 0.2) is 17.3 Å². The Morgan fingerprint density at radius 3 is 1.65 bits per heavy atom. The van der Waals surface area contributed by atoms with Crippen LogP contribution in [0.3, 0.4) is 0 Å². The van der Waals surface area contributed by atoms with Crippen molar-refractivity contribution < 1.29 is 14.4 Å². The van der Waals surface area contributed by atoms with Gasteiger partial charge in [0.25, 0.3) is 0 Å². The highest BCUT2D eigenvalue weighted by molar-refractivity contribution is 6.32. The zero-order valence-corrected chi connectivity index (χ0v) is 13.7. The summed E-state index contributed by atoms with van der Waals surface area (Å²) in [4.78, 5) is 36.4. The van der Waals surface area contributed by atoms with Crippen LogP contribution in [0.2, 0.25) is 10.0 Å². The van der Waals surface area contributed by atoms with Crippen LogP contribution in [0.25, 0.3) is 0 Å². The molecule has 0 radical (unpaired) electrons. The summed E-state index contributed by atoms with van der Waals surface area (Å²) in [6.45, 7) is 1.24. The van der Waals surface area contributed by atoms with Crippen molar-refractivity contribution in [3.05, 3.63) is 81.4 Å². The van der Waals surface area contributed by atoms with Gasteiger partial charge in [-0.1, -0.05) is 23.2 Å². The molecule has 0 atom stereocenters. The Morgan fingerprint density at radius 1 is 0.783 bits per heavy atom. The average molecular weight is 347 g/mol. The van der Waals surface area contributed by atoms with Crippen molar-refractivity contribution in [3.8, 4) is 0 Å². The Bertz CT molecular complexity index is 788. The molecule has 0 fully saturated rings. The molecule has 0 aliphatic heterocycles. The first-order chi connectivity index (χ1) is 10.9. The van der Waals surface area contributed by atoms with E-state index in [1.54, 1.807) is 24.3 Å². The minimum atomic E-state index is -0.517. The Labute approximate surface area is 143 Å². The van der Waals surface area contributed by atoms with Crippen LogP contribution in [0.1, 0.15) is 27.6 Å². The highest BCUT2D eigenvalue weighted by Gasteiger charge is 2.18. The number of rotatable bonds is 5.